The molecule has 156 valence electrons. The van der Waals surface area contributed by atoms with Crippen molar-refractivity contribution in [3.63, 3.8) is 0 Å². The summed E-state index contributed by atoms with van der Waals surface area (Å²) in [5.41, 5.74) is 2.62. The monoisotopic (exact) mass is 503 g/mol. The number of hydrogen-bond donors (Lipinski definition) is 2. The normalized spacial score (nSPS) is 10.6. The van der Waals surface area contributed by atoms with Crippen molar-refractivity contribution in [2.24, 2.45) is 0 Å². The minimum Gasteiger partial charge on any atom is -0.326 e. The molecule has 0 bridgehead atoms. The molecule has 2 aromatic carbocycles. The first-order valence-corrected chi connectivity index (χ1v) is 12.2. The van der Waals surface area contributed by atoms with Gasteiger partial charge in [-0.2, -0.15) is 0 Å². The van der Waals surface area contributed by atoms with Crippen LogP contribution in [0.2, 0.25) is 0 Å². The molecule has 2 amide bonds. The van der Waals surface area contributed by atoms with E-state index in [-0.39, 0.29) is 17.6 Å². The molecule has 3 rings (SSSR count). The zero-order valence-corrected chi connectivity index (χ0v) is 19.7. The van der Waals surface area contributed by atoms with E-state index in [1.807, 2.05) is 53.9 Å². The van der Waals surface area contributed by atoms with Crippen molar-refractivity contribution >= 4 is 61.7 Å². The largest absolute Gasteiger partial charge is 0.326 e. The number of halogens is 1. The Kier molecular flexibility index (Phi) is 8.48. The van der Waals surface area contributed by atoms with Gasteiger partial charge in [-0.3, -0.25) is 9.59 Å². The fourth-order valence-corrected chi connectivity index (χ4v) is 4.28. The number of thioether (sulfide) groups is 1. The van der Waals surface area contributed by atoms with Crippen LogP contribution < -0.4 is 10.6 Å². The SMILES string of the molecule is CCCCC(=O)Nc1ccc(SCC(=O)Nc2nc(-c3ccc(Br)cc3)cs2)cc1. The van der Waals surface area contributed by atoms with Crippen LogP contribution >= 0.6 is 39.0 Å². The summed E-state index contributed by atoms with van der Waals surface area (Å²) >= 11 is 6.27. The molecule has 3 aromatic rings. The van der Waals surface area contributed by atoms with E-state index >= 15 is 0 Å². The molecule has 0 saturated heterocycles. The Morgan fingerprint density at radius 2 is 1.77 bits per heavy atom. The maximum atomic E-state index is 12.3. The number of aromatic nitrogens is 1. The van der Waals surface area contributed by atoms with E-state index in [1.54, 1.807) is 0 Å². The highest BCUT2D eigenvalue weighted by atomic mass is 79.9. The number of unbranched alkanes of at least 4 members (excludes halogenated alkanes) is 1. The summed E-state index contributed by atoms with van der Waals surface area (Å²) < 4.78 is 1.01. The second-order valence-corrected chi connectivity index (χ2v) is 9.38. The van der Waals surface area contributed by atoms with Gasteiger partial charge in [0.05, 0.1) is 11.4 Å². The van der Waals surface area contributed by atoms with E-state index < -0.39 is 0 Å². The Balaban J connectivity index is 1.46. The Bertz CT molecular complexity index is 988. The number of thiazole rings is 1. The predicted octanol–water partition coefficient (Wildman–Crippen LogP) is 6.43. The zero-order chi connectivity index (χ0) is 21.3. The van der Waals surface area contributed by atoms with E-state index in [4.69, 9.17) is 0 Å². The van der Waals surface area contributed by atoms with Gasteiger partial charge in [0.25, 0.3) is 0 Å². The average Bonchev–Trinajstić information content (AvgIpc) is 3.20. The molecule has 30 heavy (non-hydrogen) atoms. The summed E-state index contributed by atoms with van der Waals surface area (Å²) in [5.74, 6) is 0.214. The lowest BCUT2D eigenvalue weighted by molar-refractivity contribution is -0.116. The Morgan fingerprint density at radius 1 is 1.03 bits per heavy atom. The second-order valence-electron chi connectivity index (χ2n) is 6.56. The number of nitrogens with zero attached hydrogens (tertiary/aromatic N) is 1. The van der Waals surface area contributed by atoms with Gasteiger partial charge in [-0.05, 0) is 42.8 Å². The predicted molar refractivity (Wildman–Crippen MR) is 129 cm³/mol. The third kappa shape index (κ3) is 6.97. The quantitative estimate of drug-likeness (QED) is 0.330. The van der Waals surface area contributed by atoms with Crippen molar-refractivity contribution in [3.8, 4) is 11.3 Å². The van der Waals surface area contributed by atoms with Crippen LogP contribution in [0, 0.1) is 0 Å². The van der Waals surface area contributed by atoms with Crippen LogP contribution in [0.25, 0.3) is 11.3 Å². The highest BCUT2D eigenvalue weighted by Crippen LogP contribution is 2.26. The Labute approximate surface area is 192 Å². The van der Waals surface area contributed by atoms with Gasteiger partial charge in [-0.15, -0.1) is 23.1 Å². The van der Waals surface area contributed by atoms with Crippen molar-refractivity contribution in [3.05, 3.63) is 58.4 Å². The fraction of sp³-hybridized carbons (Fsp3) is 0.227. The standard InChI is InChI=1S/C22H22BrN3O2S2/c1-2-3-4-20(27)24-17-9-11-18(12-10-17)29-14-21(28)26-22-25-19(13-30-22)15-5-7-16(23)8-6-15/h5-13H,2-4,14H2,1H3,(H,24,27)(H,25,26,28). The van der Waals surface area contributed by atoms with E-state index in [0.29, 0.717) is 11.6 Å². The minimum atomic E-state index is -0.103. The molecule has 0 saturated carbocycles. The van der Waals surface area contributed by atoms with Crippen LogP contribution in [-0.2, 0) is 9.59 Å². The summed E-state index contributed by atoms with van der Waals surface area (Å²) in [4.78, 5) is 29.5. The minimum absolute atomic E-state index is 0.0302. The smallest absolute Gasteiger partial charge is 0.236 e. The van der Waals surface area contributed by atoms with Crippen molar-refractivity contribution in [2.75, 3.05) is 16.4 Å². The van der Waals surface area contributed by atoms with Gasteiger partial charge in [-0.1, -0.05) is 41.4 Å². The van der Waals surface area contributed by atoms with Gasteiger partial charge < -0.3 is 10.6 Å². The summed E-state index contributed by atoms with van der Waals surface area (Å²) in [6, 6.07) is 15.4. The van der Waals surface area contributed by atoms with E-state index in [1.165, 1.54) is 23.1 Å². The van der Waals surface area contributed by atoms with Crippen LogP contribution in [-0.4, -0.2) is 22.6 Å². The number of rotatable bonds is 9. The Morgan fingerprint density at radius 3 is 2.47 bits per heavy atom. The lowest BCUT2D eigenvalue weighted by Crippen LogP contribution is -2.13. The molecule has 0 fully saturated rings. The molecule has 0 atom stereocenters. The van der Waals surface area contributed by atoms with E-state index in [2.05, 4.69) is 38.5 Å². The summed E-state index contributed by atoms with van der Waals surface area (Å²) in [6.45, 7) is 2.06. The molecule has 0 aliphatic rings. The molecule has 5 nitrogen and oxygen atoms in total. The first-order chi connectivity index (χ1) is 14.5. The lowest BCUT2D eigenvalue weighted by Gasteiger charge is -2.06. The molecule has 1 aromatic heterocycles. The molecule has 1 heterocycles. The van der Waals surface area contributed by atoms with Crippen LogP contribution in [0.5, 0.6) is 0 Å². The number of amides is 2. The third-order valence-electron chi connectivity index (χ3n) is 4.16. The number of hydrogen-bond acceptors (Lipinski definition) is 5. The summed E-state index contributed by atoms with van der Waals surface area (Å²) in [7, 11) is 0. The molecule has 0 unspecified atom stereocenters. The van der Waals surface area contributed by atoms with Gasteiger partial charge in [-0.25, -0.2) is 4.98 Å². The molecule has 0 spiro atoms. The number of benzene rings is 2. The van der Waals surface area contributed by atoms with Gasteiger partial charge in [0.1, 0.15) is 0 Å². The van der Waals surface area contributed by atoms with E-state index in [0.717, 1.165) is 39.2 Å². The molecule has 0 radical (unpaired) electrons. The first-order valence-electron chi connectivity index (χ1n) is 9.57. The van der Waals surface area contributed by atoms with Gasteiger partial charge >= 0.3 is 0 Å². The zero-order valence-electron chi connectivity index (χ0n) is 16.5. The second kappa shape index (κ2) is 11.3. The van der Waals surface area contributed by atoms with E-state index in [9.17, 15) is 9.59 Å². The number of nitrogens with one attached hydrogen (secondary N) is 2. The van der Waals surface area contributed by atoms with Crippen LogP contribution in [0.4, 0.5) is 10.8 Å². The number of anilines is 2. The summed E-state index contributed by atoms with van der Waals surface area (Å²) in [5, 5.41) is 8.25. The van der Waals surface area contributed by atoms with Crippen molar-refractivity contribution < 1.29 is 9.59 Å². The molecule has 0 aliphatic heterocycles. The van der Waals surface area contributed by atoms with Crippen LogP contribution in [0.1, 0.15) is 26.2 Å². The molecule has 8 heteroatoms. The van der Waals surface area contributed by atoms with Crippen LogP contribution in [0.3, 0.4) is 0 Å². The fourth-order valence-electron chi connectivity index (χ4n) is 2.58. The molecule has 0 aliphatic carbocycles. The molecular weight excluding hydrogens is 482 g/mol. The van der Waals surface area contributed by atoms with Gasteiger partial charge in [0.15, 0.2) is 5.13 Å². The number of carbonyl (C=O) groups excluding carboxylic acids is 2. The average molecular weight is 504 g/mol. The molecular formula is C22H22BrN3O2S2. The summed E-state index contributed by atoms with van der Waals surface area (Å²) in [6.07, 6.45) is 2.42. The van der Waals surface area contributed by atoms with Gasteiger partial charge in [0, 0.05) is 32.4 Å². The lowest BCUT2D eigenvalue weighted by atomic mass is 10.2. The maximum absolute atomic E-state index is 12.3. The number of carbonyl (C=O) groups is 2. The van der Waals surface area contributed by atoms with Crippen molar-refractivity contribution in [1.29, 1.82) is 0 Å². The topological polar surface area (TPSA) is 71.1 Å². The Hall–Kier alpha value is -2.16. The first kappa shape index (κ1) is 22.5. The van der Waals surface area contributed by atoms with Crippen molar-refractivity contribution in [2.45, 2.75) is 31.1 Å². The van der Waals surface area contributed by atoms with Gasteiger partial charge in [0.2, 0.25) is 11.8 Å². The highest BCUT2D eigenvalue weighted by molar-refractivity contribution is 9.10. The third-order valence-corrected chi connectivity index (χ3v) is 6.45. The maximum Gasteiger partial charge on any atom is 0.236 e. The van der Waals surface area contributed by atoms with Crippen molar-refractivity contribution in [1.82, 2.24) is 4.98 Å². The molecule has 2 N–H and O–H groups in total. The highest BCUT2D eigenvalue weighted by Gasteiger charge is 2.09. The van der Waals surface area contributed by atoms with Crippen LogP contribution in [0.15, 0.2) is 63.3 Å².